The lowest BCUT2D eigenvalue weighted by molar-refractivity contribution is -0.123. The summed E-state index contributed by atoms with van der Waals surface area (Å²) < 4.78 is 0. The summed E-state index contributed by atoms with van der Waals surface area (Å²) in [4.78, 5) is 21.4. The Hall–Kier alpha value is -0.900. The van der Waals surface area contributed by atoms with Gasteiger partial charge in [0, 0.05) is 5.92 Å². The lowest BCUT2D eigenvalue weighted by Crippen LogP contribution is -2.35. The molecule has 1 radical (unpaired) electrons. The molecule has 12 heavy (non-hydrogen) atoms. The molecule has 0 aromatic heterocycles. The molecule has 0 aliphatic carbocycles. The van der Waals surface area contributed by atoms with E-state index in [-0.39, 0.29) is 11.7 Å². The van der Waals surface area contributed by atoms with Gasteiger partial charge in [0.1, 0.15) is 5.78 Å². The minimum atomic E-state index is -0.593. The summed E-state index contributed by atoms with van der Waals surface area (Å²) in [5, 5.41) is 0. The second-order valence-electron chi connectivity index (χ2n) is 2.84. The first-order valence-corrected chi connectivity index (χ1v) is 3.83. The smallest absolute Gasteiger partial charge is 0.220 e. The van der Waals surface area contributed by atoms with Gasteiger partial charge in [-0.05, 0) is 19.8 Å². The fourth-order valence-corrected chi connectivity index (χ4v) is 0.849. The summed E-state index contributed by atoms with van der Waals surface area (Å²) in [5.41, 5.74) is 10.5. The van der Waals surface area contributed by atoms with Gasteiger partial charge in [0.15, 0.2) is 0 Å². The lowest BCUT2D eigenvalue weighted by Gasteiger charge is -2.13. The van der Waals surface area contributed by atoms with Gasteiger partial charge in [-0.25, -0.2) is 0 Å². The third-order valence-corrected chi connectivity index (χ3v) is 1.81. The average Bonchev–Trinajstić information content (AvgIpc) is 1.98. The van der Waals surface area contributed by atoms with E-state index >= 15 is 0 Å². The van der Waals surface area contributed by atoms with Gasteiger partial charge in [-0.1, -0.05) is 6.92 Å². The van der Waals surface area contributed by atoms with Crippen LogP contribution in [0.1, 0.15) is 19.8 Å². The minimum Gasteiger partial charge on any atom is -0.369 e. The molecule has 4 heteroatoms. The van der Waals surface area contributed by atoms with Gasteiger partial charge in [0.25, 0.3) is 0 Å². The van der Waals surface area contributed by atoms with Crippen LogP contribution >= 0.6 is 0 Å². The third kappa shape index (κ3) is 3.48. The Balaban J connectivity index is 4.02. The van der Waals surface area contributed by atoms with E-state index in [1.165, 1.54) is 6.92 Å². The summed E-state index contributed by atoms with van der Waals surface area (Å²) in [6.07, 6.45) is 0.685. The van der Waals surface area contributed by atoms with Crippen LogP contribution < -0.4 is 11.5 Å². The maximum absolute atomic E-state index is 10.7. The van der Waals surface area contributed by atoms with Crippen LogP contribution in [0.3, 0.4) is 0 Å². The normalized spacial score (nSPS) is 15.2. The predicted molar refractivity (Wildman–Crippen MR) is 45.9 cm³/mol. The fraction of sp³-hybridized carbons (Fsp3) is 0.625. The summed E-state index contributed by atoms with van der Waals surface area (Å²) in [7, 11) is 0. The molecule has 0 spiro atoms. The Kier molecular flexibility index (Phi) is 4.51. The van der Waals surface area contributed by atoms with E-state index in [2.05, 4.69) is 6.92 Å². The number of hydrogen-bond acceptors (Lipinski definition) is 3. The standard InChI is InChI=1S/C8H15N2O2/c1-3-6(8(10)12)4-7(9)5(2)11/h6-7H,1,3-4,9H2,2H3,(H2,10,12). The third-order valence-electron chi connectivity index (χ3n) is 1.81. The van der Waals surface area contributed by atoms with E-state index in [4.69, 9.17) is 11.5 Å². The summed E-state index contributed by atoms with van der Waals surface area (Å²) in [5.74, 6) is -0.958. The van der Waals surface area contributed by atoms with Gasteiger partial charge in [0.2, 0.25) is 5.91 Å². The predicted octanol–water partition coefficient (Wildman–Crippen LogP) is -0.382. The van der Waals surface area contributed by atoms with E-state index in [9.17, 15) is 9.59 Å². The zero-order valence-electron chi connectivity index (χ0n) is 7.25. The van der Waals surface area contributed by atoms with Crippen molar-refractivity contribution >= 4 is 11.7 Å². The van der Waals surface area contributed by atoms with Crippen molar-refractivity contribution in [2.45, 2.75) is 25.8 Å². The van der Waals surface area contributed by atoms with Crippen molar-refractivity contribution in [2.75, 3.05) is 0 Å². The summed E-state index contributed by atoms with van der Waals surface area (Å²) in [6, 6.07) is -0.593. The van der Waals surface area contributed by atoms with Gasteiger partial charge in [0.05, 0.1) is 6.04 Å². The van der Waals surface area contributed by atoms with Gasteiger partial charge >= 0.3 is 0 Å². The molecule has 4 nitrogen and oxygen atoms in total. The van der Waals surface area contributed by atoms with Crippen LogP contribution in [0.25, 0.3) is 0 Å². The molecule has 0 rings (SSSR count). The molecule has 69 valence electrons. The Morgan fingerprint density at radius 2 is 2.00 bits per heavy atom. The molecule has 4 N–H and O–H groups in total. The van der Waals surface area contributed by atoms with E-state index in [0.29, 0.717) is 12.8 Å². The van der Waals surface area contributed by atoms with Gasteiger partial charge < -0.3 is 11.5 Å². The maximum Gasteiger partial charge on any atom is 0.220 e. The molecule has 0 saturated heterocycles. The second-order valence-corrected chi connectivity index (χ2v) is 2.84. The Labute approximate surface area is 72.3 Å². The lowest BCUT2D eigenvalue weighted by atomic mass is 9.95. The van der Waals surface area contributed by atoms with Crippen LogP contribution in [0, 0.1) is 12.8 Å². The van der Waals surface area contributed by atoms with Crippen LogP contribution in [0.2, 0.25) is 0 Å². The number of hydrogen-bond donors (Lipinski definition) is 2. The highest BCUT2D eigenvalue weighted by Gasteiger charge is 2.19. The van der Waals surface area contributed by atoms with Gasteiger partial charge in [-0.2, -0.15) is 0 Å². The zero-order chi connectivity index (χ0) is 9.72. The molecule has 0 aliphatic rings. The molecule has 0 heterocycles. The maximum atomic E-state index is 10.7. The summed E-state index contributed by atoms with van der Waals surface area (Å²) >= 11 is 0. The summed E-state index contributed by atoms with van der Waals surface area (Å²) in [6.45, 7) is 4.95. The molecular formula is C8H15N2O2. The molecule has 0 aliphatic heterocycles. The molecule has 2 atom stereocenters. The Morgan fingerprint density at radius 1 is 1.50 bits per heavy atom. The first-order valence-electron chi connectivity index (χ1n) is 3.83. The molecule has 0 fully saturated rings. The molecule has 1 amide bonds. The van der Waals surface area contributed by atoms with Crippen molar-refractivity contribution in [3.8, 4) is 0 Å². The highest BCUT2D eigenvalue weighted by molar-refractivity contribution is 5.83. The second kappa shape index (κ2) is 4.87. The number of carbonyl (C=O) groups is 2. The monoisotopic (exact) mass is 171 g/mol. The molecule has 0 aromatic rings. The molecule has 2 unspecified atom stereocenters. The molecule has 0 saturated carbocycles. The fourth-order valence-electron chi connectivity index (χ4n) is 0.849. The molecule has 0 bridgehead atoms. The van der Waals surface area contributed by atoms with E-state index in [1.807, 2.05) is 0 Å². The largest absolute Gasteiger partial charge is 0.369 e. The van der Waals surface area contributed by atoms with Crippen LogP contribution in [0.5, 0.6) is 0 Å². The van der Waals surface area contributed by atoms with E-state index in [0.717, 1.165) is 0 Å². The molecular weight excluding hydrogens is 156 g/mol. The number of ketones is 1. The van der Waals surface area contributed by atoms with Crippen molar-refractivity contribution in [2.24, 2.45) is 17.4 Å². The zero-order valence-corrected chi connectivity index (χ0v) is 7.25. The number of rotatable bonds is 5. The highest BCUT2D eigenvalue weighted by Crippen LogP contribution is 2.09. The van der Waals surface area contributed by atoms with Gasteiger partial charge in [-0.3, -0.25) is 9.59 Å². The van der Waals surface area contributed by atoms with Crippen molar-refractivity contribution in [1.29, 1.82) is 0 Å². The number of carbonyl (C=O) groups excluding carboxylic acids is 2. The van der Waals surface area contributed by atoms with Crippen LogP contribution in [0.4, 0.5) is 0 Å². The topological polar surface area (TPSA) is 86.2 Å². The number of amides is 1. The van der Waals surface area contributed by atoms with Gasteiger partial charge in [-0.15, -0.1) is 0 Å². The van der Waals surface area contributed by atoms with Crippen molar-refractivity contribution in [1.82, 2.24) is 0 Å². The van der Waals surface area contributed by atoms with Crippen LogP contribution in [0.15, 0.2) is 0 Å². The van der Waals surface area contributed by atoms with Crippen LogP contribution in [-0.2, 0) is 9.59 Å². The highest BCUT2D eigenvalue weighted by atomic mass is 16.1. The Morgan fingerprint density at radius 3 is 2.25 bits per heavy atom. The number of Topliss-reactive ketones (excluding diaryl/α,β-unsaturated/α-hetero) is 1. The van der Waals surface area contributed by atoms with E-state index in [1.54, 1.807) is 0 Å². The van der Waals surface area contributed by atoms with Crippen molar-refractivity contribution in [3.63, 3.8) is 0 Å². The quantitative estimate of drug-likeness (QED) is 0.591. The average molecular weight is 171 g/mol. The Bertz CT molecular complexity index is 180. The first kappa shape index (κ1) is 11.1. The minimum absolute atomic E-state index is 0.130. The first-order chi connectivity index (χ1) is 5.49. The van der Waals surface area contributed by atoms with Crippen LogP contribution in [-0.4, -0.2) is 17.7 Å². The number of primary amides is 1. The SMILES string of the molecule is [CH2]CC(CC(N)C(C)=O)C(N)=O. The number of nitrogens with two attached hydrogens (primary N) is 2. The van der Waals surface area contributed by atoms with E-state index < -0.39 is 11.9 Å². The molecule has 0 aromatic carbocycles. The van der Waals surface area contributed by atoms with Crippen molar-refractivity contribution < 1.29 is 9.59 Å². The van der Waals surface area contributed by atoms with Crippen molar-refractivity contribution in [3.05, 3.63) is 6.92 Å².